The van der Waals surface area contributed by atoms with E-state index in [0.717, 1.165) is 18.6 Å². The summed E-state index contributed by atoms with van der Waals surface area (Å²) in [6.07, 6.45) is 7.83. The number of benzene rings is 1. The Labute approximate surface area is 143 Å². The van der Waals surface area contributed by atoms with E-state index in [4.69, 9.17) is 0 Å². The maximum atomic E-state index is 12.0. The fourth-order valence-corrected chi connectivity index (χ4v) is 3.37. The Morgan fingerprint density at radius 1 is 1.04 bits per heavy atom. The number of hydrogen-bond donors (Lipinski definition) is 1. The normalized spacial score (nSPS) is 21.3. The summed E-state index contributed by atoms with van der Waals surface area (Å²) in [6.45, 7) is 2.01. The molecule has 3 rings (SSSR count). The van der Waals surface area contributed by atoms with E-state index < -0.39 is 0 Å². The van der Waals surface area contributed by atoms with E-state index in [-0.39, 0.29) is 5.91 Å². The van der Waals surface area contributed by atoms with Crippen LogP contribution in [0.5, 0.6) is 0 Å². The Hall–Kier alpha value is -2.49. The van der Waals surface area contributed by atoms with Crippen molar-refractivity contribution < 1.29 is 4.79 Å². The van der Waals surface area contributed by atoms with Gasteiger partial charge >= 0.3 is 0 Å². The minimum Gasteiger partial charge on any atom is -0.267 e. The number of carbonyl (C=O) groups excluding carboxylic acids is 1. The van der Waals surface area contributed by atoms with E-state index in [9.17, 15) is 4.79 Å². The lowest BCUT2D eigenvalue weighted by Crippen LogP contribution is -2.24. The third kappa shape index (κ3) is 4.07. The van der Waals surface area contributed by atoms with Crippen LogP contribution in [0.1, 0.15) is 54.4 Å². The minimum atomic E-state index is -0.185. The summed E-state index contributed by atoms with van der Waals surface area (Å²) >= 11 is 0. The molecular weight excluding hydrogens is 298 g/mol. The van der Waals surface area contributed by atoms with Crippen molar-refractivity contribution in [1.29, 1.82) is 0 Å². The molecule has 4 nitrogen and oxygen atoms in total. The molecule has 1 fully saturated rings. The zero-order valence-corrected chi connectivity index (χ0v) is 14.0. The van der Waals surface area contributed by atoms with Gasteiger partial charge in [-0.05, 0) is 62.1 Å². The van der Waals surface area contributed by atoms with Crippen molar-refractivity contribution in [3.05, 3.63) is 66.0 Å². The second-order valence-electron chi connectivity index (χ2n) is 6.39. The number of aromatic nitrogens is 1. The van der Waals surface area contributed by atoms with E-state index in [0.29, 0.717) is 17.4 Å². The number of rotatable bonds is 4. The Morgan fingerprint density at radius 3 is 2.38 bits per heavy atom. The number of nitrogens with one attached hydrogen (secondary N) is 1. The maximum Gasteiger partial charge on any atom is 0.271 e. The lowest BCUT2D eigenvalue weighted by atomic mass is 9.77. The molecule has 1 aliphatic carbocycles. The molecule has 0 unspecified atom stereocenters. The first kappa shape index (κ1) is 16.4. The number of pyridine rings is 1. The molecule has 0 atom stereocenters. The largest absolute Gasteiger partial charge is 0.271 e. The predicted octanol–water partition coefficient (Wildman–Crippen LogP) is 4.16. The molecule has 2 aromatic rings. The van der Waals surface area contributed by atoms with Crippen LogP contribution >= 0.6 is 0 Å². The first-order valence-corrected chi connectivity index (χ1v) is 8.53. The van der Waals surface area contributed by atoms with Crippen LogP contribution in [0.25, 0.3) is 0 Å². The Kier molecular flexibility index (Phi) is 5.36. The molecule has 1 aliphatic rings. The molecule has 1 aromatic heterocycles. The zero-order chi connectivity index (χ0) is 16.8. The van der Waals surface area contributed by atoms with Crippen molar-refractivity contribution in [2.45, 2.75) is 38.5 Å². The van der Waals surface area contributed by atoms with Crippen LogP contribution in [0.2, 0.25) is 0 Å². The van der Waals surface area contributed by atoms with Gasteiger partial charge in [0.15, 0.2) is 0 Å². The summed E-state index contributed by atoms with van der Waals surface area (Å²) in [4.78, 5) is 15.9. The van der Waals surface area contributed by atoms with Gasteiger partial charge in [0.25, 0.3) is 5.91 Å². The lowest BCUT2D eigenvalue weighted by Gasteiger charge is -2.28. The summed E-state index contributed by atoms with van der Waals surface area (Å²) in [5.41, 5.74) is 5.70. The molecule has 4 heteroatoms. The van der Waals surface area contributed by atoms with Crippen LogP contribution in [0.3, 0.4) is 0 Å². The number of hydrazone groups is 1. The maximum absolute atomic E-state index is 12.0. The van der Waals surface area contributed by atoms with Crippen LogP contribution in [0.4, 0.5) is 0 Å². The van der Waals surface area contributed by atoms with Crippen molar-refractivity contribution in [1.82, 2.24) is 10.4 Å². The quantitative estimate of drug-likeness (QED) is 0.679. The van der Waals surface area contributed by atoms with Crippen LogP contribution in [-0.2, 0) is 0 Å². The molecule has 1 aromatic carbocycles. The van der Waals surface area contributed by atoms with Crippen LogP contribution in [0, 0.1) is 5.92 Å². The van der Waals surface area contributed by atoms with Crippen LogP contribution < -0.4 is 5.43 Å². The molecule has 24 heavy (non-hydrogen) atoms. The number of hydrogen-bond acceptors (Lipinski definition) is 3. The van der Waals surface area contributed by atoms with Crippen LogP contribution in [0.15, 0.2) is 60.0 Å². The smallest absolute Gasteiger partial charge is 0.267 e. The van der Waals surface area contributed by atoms with Gasteiger partial charge in [-0.15, -0.1) is 0 Å². The third-order valence-electron chi connectivity index (χ3n) is 4.87. The van der Waals surface area contributed by atoms with Gasteiger partial charge in [-0.25, -0.2) is 5.43 Å². The molecule has 124 valence electrons. The second kappa shape index (κ2) is 7.86. The fourth-order valence-electron chi connectivity index (χ4n) is 3.37. The number of amides is 1. The molecule has 1 heterocycles. The molecular formula is C20H23N3O. The average molecular weight is 321 g/mol. The van der Waals surface area contributed by atoms with E-state index in [1.165, 1.54) is 18.4 Å². The van der Waals surface area contributed by atoms with Gasteiger partial charge in [-0.2, -0.15) is 5.10 Å². The summed E-state index contributed by atoms with van der Waals surface area (Å²) < 4.78 is 0. The highest BCUT2D eigenvalue weighted by molar-refractivity contribution is 5.95. The molecule has 1 amide bonds. The van der Waals surface area contributed by atoms with E-state index in [2.05, 4.69) is 45.8 Å². The molecule has 0 aliphatic heterocycles. The Morgan fingerprint density at radius 2 is 1.71 bits per heavy atom. The minimum absolute atomic E-state index is 0.185. The topological polar surface area (TPSA) is 54.4 Å². The molecule has 1 saturated carbocycles. The van der Waals surface area contributed by atoms with Gasteiger partial charge in [0.1, 0.15) is 0 Å². The highest BCUT2D eigenvalue weighted by atomic mass is 16.2. The van der Waals surface area contributed by atoms with Gasteiger partial charge in [0.2, 0.25) is 0 Å². The first-order valence-electron chi connectivity index (χ1n) is 8.53. The molecule has 0 saturated heterocycles. The van der Waals surface area contributed by atoms with Crippen molar-refractivity contribution in [3.8, 4) is 0 Å². The molecule has 0 spiro atoms. The summed E-state index contributed by atoms with van der Waals surface area (Å²) in [5, 5.41) is 4.32. The Balaban J connectivity index is 1.53. The zero-order valence-electron chi connectivity index (χ0n) is 14.0. The number of nitrogens with zero attached hydrogens (tertiary/aromatic N) is 2. The molecule has 0 radical (unpaired) electrons. The average Bonchev–Trinajstić information content (AvgIpc) is 2.67. The standard InChI is InChI=1S/C20H23N3O/c1-15(22-23-20(24)19-11-13-21-14-12-19)16-7-9-18(10-8-16)17-5-3-2-4-6-17/h2-6,11-14,16,18H,7-10H2,1H3,(H,23,24)/b22-15-. The first-order chi connectivity index (χ1) is 11.7. The van der Waals surface area contributed by atoms with E-state index in [1.54, 1.807) is 24.5 Å². The Bertz CT molecular complexity index is 689. The second-order valence-corrected chi connectivity index (χ2v) is 6.39. The van der Waals surface area contributed by atoms with E-state index in [1.807, 2.05) is 6.92 Å². The van der Waals surface area contributed by atoms with E-state index >= 15 is 0 Å². The van der Waals surface area contributed by atoms with Gasteiger partial charge in [0, 0.05) is 23.7 Å². The SMILES string of the molecule is C/C(=N/NC(=O)c1ccncc1)C1CCC(c2ccccc2)CC1. The summed E-state index contributed by atoms with van der Waals surface area (Å²) in [5.74, 6) is 0.930. The van der Waals surface area contributed by atoms with Gasteiger partial charge in [-0.1, -0.05) is 30.3 Å². The monoisotopic (exact) mass is 321 g/mol. The van der Waals surface area contributed by atoms with Gasteiger partial charge in [-0.3, -0.25) is 9.78 Å². The number of carbonyl (C=O) groups is 1. The van der Waals surface area contributed by atoms with Crippen molar-refractivity contribution in [2.75, 3.05) is 0 Å². The highest BCUT2D eigenvalue weighted by Crippen LogP contribution is 2.36. The fraction of sp³-hybridized carbons (Fsp3) is 0.350. The summed E-state index contributed by atoms with van der Waals surface area (Å²) in [6, 6.07) is 14.1. The van der Waals surface area contributed by atoms with Crippen LogP contribution in [-0.4, -0.2) is 16.6 Å². The summed E-state index contributed by atoms with van der Waals surface area (Å²) in [7, 11) is 0. The molecule has 1 N–H and O–H groups in total. The highest BCUT2D eigenvalue weighted by Gasteiger charge is 2.24. The van der Waals surface area contributed by atoms with Gasteiger partial charge < -0.3 is 0 Å². The van der Waals surface area contributed by atoms with Crippen molar-refractivity contribution in [3.63, 3.8) is 0 Å². The lowest BCUT2D eigenvalue weighted by molar-refractivity contribution is 0.0954. The van der Waals surface area contributed by atoms with Crippen molar-refractivity contribution >= 4 is 11.6 Å². The third-order valence-corrected chi connectivity index (χ3v) is 4.87. The van der Waals surface area contributed by atoms with Gasteiger partial charge in [0.05, 0.1) is 0 Å². The predicted molar refractivity (Wildman–Crippen MR) is 96.0 cm³/mol. The van der Waals surface area contributed by atoms with Crippen molar-refractivity contribution in [2.24, 2.45) is 11.0 Å². The molecule has 0 bridgehead atoms.